The molecule has 1 heterocycles. The van der Waals surface area contributed by atoms with Crippen molar-refractivity contribution in [2.24, 2.45) is 5.92 Å². The molecule has 0 saturated heterocycles. The van der Waals surface area contributed by atoms with Gasteiger partial charge in [0.25, 0.3) is 5.56 Å². The van der Waals surface area contributed by atoms with E-state index in [0.717, 1.165) is 16.7 Å². The number of nitrogens with two attached hydrogens (primary N) is 1. The molecule has 0 aliphatic carbocycles. The molecule has 0 radical (unpaired) electrons. The van der Waals surface area contributed by atoms with Crippen LogP contribution in [0.25, 0.3) is 11.1 Å². The Morgan fingerprint density at radius 1 is 1.06 bits per heavy atom. The van der Waals surface area contributed by atoms with Crippen LogP contribution in [0, 0.1) is 5.92 Å². The van der Waals surface area contributed by atoms with Crippen LogP contribution < -0.4 is 21.9 Å². The third-order valence-corrected chi connectivity index (χ3v) is 5.27. The fourth-order valence-electron chi connectivity index (χ4n) is 3.64. The zero-order chi connectivity index (χ0) is 24.0. The summed E-state index contributed by atoms with van der Waals surface area (Å²) in [7, 11) is 1.51. The number of anilines is 2. The third-order valence-electron chi connectivity index (χ3n) is 5.27. The second kappa shape index (κ2) is 10.8. The molecule has 1 amide bonds. The van der Waals surface area contributed by atoms with E-state index in [2.05, 4.69) is 4.98 Å². The molecule has 0 aliphatic heterocycles. The number of rotatable bonds is 9. The Morgan fingerprint density at radius 2 is 1.70 bits per heavy atom. The quantitative estimate of drug-likeness (QED) is 0.521. The van der Waals surface area contributed by atoms with Crippen LogP contribution >= 0.6 is 0 Å². The molecule has 0 unspecified atom stereocenters. The first-order valence-corrected chi connectivity index (χ1v) is 10.9. The summed E-state index contributed by atoms with van der Waals surface area (Å²) in [4.78, 5) is 41.8. The van der Waals surface area contributed by atoms with Gasteiger partial charge >= 0.3 is 5.69 Å². The Bertz CT molecular complexity index is 1200. The molecule has 174 valence electrons. The van der Waals surface area contributed by atoms with Gasteiger partial charge in [-0.15, -0.1) is 0 Å². The number of ether oxygens (including phenoxy) is 1. The van der Waals surface area contributed by atoms with Crippen molar-refractivity contribution in [2.45, 2.75) is 26.8 Å². The lowest BCUT2D eigenvalue weighted by molar-refractivity contribution is -0.118. The van der Waals surface area contributed by atoms with Gasteiger partial charge in [0.05, 0.1) is 13.0 Å². The van der Waals surface area contributed by atoms with Crippen molar-refractivity contribution in [1.82, 2.24) is 9.55 Å². The minimum Gasteiger partial charge on any atom is -0.383 e. The maximum absolute atomic E-state index is 13.3. The lowest BCUT2D eigenvalue weighted by Gasteiger charge is -2.25. The van der Waals surface area contributed by atoms with Crippen molar-refractivity contribution in [3.8, 4) is 11.1 Å². The zero-order valence-electron chi connectivity index (χ0n) is 19.2. The topological polar surface area (TPSA) is 110 Å². The number of amides is 1. The van der Waals surface area contributed by atoms with Gasteiger partial charge < -0.3 is 15.4 Å². The second-order valence-electron chi connectivity index (χ2n) is 8.28. The third kappa shape index (κ3) is 5.78. The molecular formula is C25H30N4O4. The molecule has 8 heteroatoms. The van der Waals surface area contributed by atoms with Crippen LogP contribution in [0.15, 0.2) is 64.2 Å². The smallest absolute Gasteiger partial charge is 0.330 e. The van der Waals surface area contributed by atoms with Gasteiger partial charge in [0.2, 0.25) is 5.91 Å². The summed E-state index contributed by atoms with van der Waals surface area (Å²) in [5.74, 6) is -0.220. The number of aromatic nitrogens is 2. The summed E-state index contributed by atoms with van der Waals surface area (Å²) < 4.78 is 6.44. The summed E-state index contributed by atoms with van der Waals surface area (Å²) >= 11 is 0. The summed E-state index contributed by atoms with van der Waals surface area (Å²) in [6, 6.07) is 17.7. The Hall–Kier alpha value is -3.65. The Balaban J connectivity index is 1.91. The van der Waals surface area contributed by atoms with Crippen molar-refractivity contribution in [1.29, 1.82) is 0 Å². The van der Waals surface area contributed by atoms with Crippen molar-refractivity contribution in [3.63, 3.8) is 0 Å². The normalized spacial score (nSPS) is 11.0. The lowest BCUT2D eigenvalue weighted by atomic mass is 10.0. The average Bonchev–Trinajstić information content (AvgIpc) is 2.79. The van der Waals surface area contributed by atoms with E-state index < -0.39 is 11.2 Å². The number of aromatic amines is 1. The van der Waals surface area contributed by atoms with Crippen LogP contribution in [0.1, 0.15) is 19.4 Å². The number of hydrogen-bond acceptors (Lipinski definition) is 5. The highest BCUT2D eigenvalue weighted by Gasteiger charge is 2.24. The number of benzene rings is 2. The van der Waals surface area contributed by atoms with E-state index in [4.69, 9.17) is 10.5 Å². The minimum absolute atomic E-state index is 0.0265. The maximum atomic E-state index is 13.3. The predicted molar refractivity (Wildman–Crippen MR) is 130 cm³/mol. The van der Waals surface area contributed by atoms with Crippen molar-refractivity contribution in [3.05, 3.63) is 81.0 Å². The van der Waals surface area contributed by atoms with Gasteiger partial charge in [-0.3, -0.25) is 19.1 Å². The molecule has 3 aromatic rings. The first kappa shape index (κ1) is 24.0. The van der Waals surface area contributed by atoms with E-state index in [1.165, 1.54) is 16.6 Å². The molecule has 0 saturated carbocycles. The van der Waals surface area contributed by atoms with E-state index in [-0.39, 0.29) is 42.9 Å². The fourth-order valence-corrected chi connectivity index (χ4v) is 3.64. The van der Waals surface area contributed by atoms with Gasteiger partial charge in [-0.05, 0) is 22.6 Å². The number of hydrogen-bond donors (Lipinski definition) is 2. The molecule has 1 aromatic heterocycles. The van der Waals surface area contributed by atoms with E-state index in [1.54, 1.807) is 0 Å². The Labute approximate surface area is 192 Å². The fraction of sp³-hybridized carbons (Fsp3) is 0.320. The molecule has 0 spiro atoms. The highest BCUT2D eigenvalue weighted by atomic mass is 16.5. The molecule has 0 aliphatic rings. The average molecular weight is 451 g/mol. The van der Waals surface area contributed by atoms with E-state index in [0.29, 0.717) is 6.54 Å². The molecule has 0 bridgehead atoms. The number of carbonyl (C=O) groups excluding carboxylic acids is 1. The molecule has 33 heavy (non-hydrogen) atoms. The molecule has 3 rings (SSSR count). The number of methoxy groups -OCH3 is 1. The summed E-state index contributed by atoms with van der Waals surface area (Å²) in [5, 5.41) is 0. The second-order valence-corrected chi connectivity index (χ2v) is 8.28. The summed E-state index contributed by atoms with van der Waals surface area (Å²) in [5.41, 5.74) is 7.85. The molecule has 0 atom stereocenters. The standard InChI is InChI=1S/C25H30N4O4/c1-17(2)16-29-23(26)22(24(31)27-25(29)32)28(13-14-33-3)21(30)15-18-9-11-20(12-10-18)19-7-5-4-6-8-19/h4-12,17H,13-16,26H2,1-3H3,(H,27,31,32). The summed E-state index contributed by atoms with van der Waals surface area (Å²) in [6.07, 6.45) is 0.0704. The SMILES string of the molecule is COCCN(C(=O)Cc1ccc(-c2ccccc2)cc1)c1c(N)n(CC(C)C)c(=O)[nH]c1=O. The predicted octanol–water partition coefficient (Wildman–Crippen LogP) is 2.66. The Kier molecular flexibility index (Phi) is 7.84. The van der Waals surface area contributed by atoms with Crippen molar-refractivity contribution in [2.75, 3.05) is 30.9 Å². The van der Waals surface area contributed by atoms with E-state index in [9.17, 15) is 14.4 Å². The minimum atomic E-state index is -0.693. The highest BCUT2D eigenvalue weighted by molar-refractivity contribution is 5.96. The van der Waals surface area contributed by atoms with Gasteiger partial charge in [-0.2, -0.15) is 0 Å². The molecule has 8 nitrogen and oxygen atoms in total. The largest absolute Gasteiger partial charge is 0.383 e. The van der Waals surface area contributed by atoms with Crippen molar-refractivity contribution >= 4 is 17.4 Å². The number of nitrogen functional groups attached to an aromatic ring is 1. The molecule has 0 fully saturated rings. The number of nitrogens with one attached hydrogen (secondary N) is 1. The molecule has 2 aromatic carbocycles. The van der Waals surface area contributed by atoms with Crippen LogP contribution in [0.4, 0.5) is 11.5 Å². The number of nitrogens with zero attached hydrogens (tertiary/aromatic N) is 2. The van der Waals surface area contributed by atoms with Crippen LogP contribution in [0.3, 0.4) is 0 Å². The highest BCUT2D eigenvalue weighted by Crippen LogP contribution is 2.21. The van der Waals surface area contributed by atoms with Crippen LogP contribution in [0.2, 0.25) is 0 Å². The Morgan fingerprint density at radius 3 is 2.30 bits per heavy atom. The van der Waals surface area contributed by atoms with E-state index in [1.807, 2.05) is 68.4 Å². The first-order chi connectivity index (χ1) is 15.8. The number of carbonyl (C=O) groups is 1. The molecule has 3 N–H and O–H groups in total. The lowest BCUT2D eigenvalue weighted by Crippen LogP contribution is -2.43. The van der Waals surface area contributed by atoms with Crippen molar-refractivity contribution < 1.29 is 9.53 Å². The number of H-pyrrole nitrogens is 1. The maximum Gasteiger partial charge on any atom is 0.330 e. The van der Waals surface area contributed by atoms with Gasteiger partial charge in [-0.25, -0.2) is 4.79 Å². The zero-order valence-corrected chi connectivity index (χ0v) is 19.2. The van der Waals surface area contributed by atoms with Crippen LogP contribution in [0.5, 0.6) is 0 Å². The van der Waals surface area contributed by atoms with Gasteiger partial charge in [0, 0.05) is 20.2 Å². The van der Waals surface area contributed by atoms with Crippen LogP contribution in [-0.4, -0.2) is 35.7 Å². The summed E-state index contributed by atoms with van der Waals surface area (Å²) in [6.45, 7) is 4.53. The van der Waals surface area contributed by atoms with Gasteiger partial charge in [0.1, 0.15) is 5.82 Å². The van der Waals surface area contributed by atoms with Gasteiger partial charge in [-0.1, -0.05) is 68.4 Å². The molecular weight excluding hydrogens is 420 g/mol. The first-order valence-electron chi connectivity index (χ1n) is 10.9. The van der Waals surface area contributed by atoms with Gasteiger partial charge in [0.15, 0.2) is 5.69 Å². The van der Waals surface area contributed by atoms with E-state index >= 15 is 0 Å². The van der Waals surface area contributed by atoms with Crippen LogP contribution in [-0.2, 0) is 22.5 Å². The monoisotopic (exact) mass is 450 g/mol.